The molecule has 0 saturated heterocycles. The molecule has 0 fully saturated rings. The van der Waals surface area contributed by atoms with Gasteiger partial charge in [0.25, 0.3) is 0 Å². The zero-order valence-electron chi connectivity index (χ0n) is 14.1. The van der Waals surface area contributed by atoms with Crippen molar-refractivity contribution in [2.24, 2.45) is 0 Å². The first-order valence-electron chi connectivity index (χ1n) is 7.86. The van der Waals surface area contributed by atoms with Gasteiger partial charge in [-0.25, -0.2) is 0 Å². The van der Waals surface area contributed by atoms with E-state index >= 15 is 0 Å². The Bertz CT molecular complexity index is 497. The van der Waals surface area contributed by atoms with Crippen molar-refractivity contribution in [1.29, 1.82) is 0 Å². The predicted octanol–water partition coefficient (Wildman–Crippen LogP) is 5.08. The van der Waals surface area contributed by atoms with Crippen molar-refractivity contribution in [3.63, 3.8) is 0 Å². The number of carbonyl (C=O) groups is 1. The van der Waals surface area contributed by atoms with Crippen LogP contribution >= 0.6 is 7.60 Å². The van der Waals surface area contributed by atoms with Gasteiger partial charge in [-0.05, 0) is 34.1 Å². The number of hydrogen-bond donors (Lipinski definition) is 0. The van der Waals surface area contributed by atoms with Crippen molar-refractivity contribution in [3.05, 3.63) is 35.9 Å². The molecule has 124 valence electrons. The van der Waals surface area contributed by atoms with Gasteiger partial charge in [0.1, 0.15) is 5.66 Å². The molecule has 1 aromatic carbocycles. The molecule has 0 amide bonds. The van der Waals surface area contributed by atoms with Gasteiger partial charge in [0.05, 0.1) is 12.2 Å². The predicted molar refractivity (Wildman–Crippen MR) is 89.5 cm³/mol. The third-order valence-electron chi connectivity index (χ3n) is 3.02. The zero-order valence-corrected chi connectivity index (χ0v) is 15.0. The maximum absolute atomic E-state index is 13.3. The monoisotopic (exact) mass is 326 g/mol. The third-order valence-corrected chi connectivity index (χ3v) is 5.71. The molecular weight excluding hydrogens is 299 g/mol. The first-order valence-corrected chi connectivity index (χ1v) is 9.47. The topological polar surface area (TPSA) is 52.6 Å². The van der Waals surface area contributed by atoms with Crippen molar-refractivity contribution >= 4 is 13.4 Å². The van der Waals surface area contributed by atoms with E-state index in [2.05, 4.69) is 0 Å². The van der Waals surface area contributed by atoms with Crippen LogP contribution < -0.4 is 0 Å². The number of benzene rings is 1. The van der Waals surface area contributed by atoms with Gasteiger partial charge in [0.15, 0.2) is 5.78 Å². The van der Waals surface area contributed by atoms with E-state index < -0.39 is 13.3 Å². The minimum atomic E-state index is -3.53. The van der Waals surface area contributed by atoms with Crippen LogP contribution in [0.3, 0.4) is 0 Å². The molecule has 0 saturated carbocycles. The molecule has 22 heavy (non-hydrogen) atoms. The minimum Gasteiger partial charge on any atom is -0.305 e. The number of rotatable bonds is 9. The summed E-state index contributed by atoms with van der Waals surface area (Å²) in [5.41, 5.74) is -0.217. The van der Waals surface area contributed by atoms with Gasteiger partial charge >= 0.3 is 7.60 Å². The van der Waals surface area contributed by atoms with Gasteiger partial charge in [-0.15, -0.1) is 0 Å². The summed E-state index contributed by atoms with van der Waals surface area (Å²) >= 11 is 0. The Kier molecular flexibility index (Phi) is 7.47. The number of hydrogen-bond acceptors (Lipinski definition) is 4. The highest BCUT2D eigenvalue weighted by atomic mass is 31.2. The number of Topliss-reactive ketones (excluding diaryl/α,β-unsaturated/α-hetero) is 1. The Morgan fingerprint density at radius 1 is 1.05 bits per heavy atom. The van der Waals surface area contributed by atoms with Crippen LogP contribution in [0.25, 0.3) is 0 Å². The fourth-order valence-corrected chi connectivity index (χ4v) is 4.79. The Morgan fingerprint density at radius 3 is 1.95 bits per heavy atom. The molecule has 0 radical (unpaired) electrons. The first kappa shape index (κ1) is 19.1. The highest BCUT2D eigenvalue weighted by Gasteiger charge is 2.42. The van der Waals surface area contributed by atoms with Gasteiger partial charge in [-0.2, -0.15) is 0 Å². The fourth-order valence-electron chi connectivity index (χ4n) is 2.26. The number of ketones is 1. The lowest BCUT2D eigenvalue weighted by Crippen LogP contribution is -2.26. The van der Waals surface area contributed by atoms with Gasteiger partial charge in [-0.3, -0.25) is 9.36 Å². The molecule has 1 rings (SSSR count). The maximum Gasteiger partial charge on any atom is 0.341 e. The lowest BCUT2D eigenvalue weighted by atomic mass is 10.1. The van der Waals surface area contributed by atoms with Crippen molar-refractivity contribution in [2.45, 2.75) is 65.3 Å². The van der Waals surface area contributed by atoms with Crippen molar-refractivity contribution in [2.75, 3.05) is 0 Å². The minimum absolute atomic E-state index is 0.174. The van der Waals surface area contributed by atoms with E-state index in [1.807, 2.05) is 13.0 Å². The van der Waals surface area contributed by atoms with Crippen LogP contribution in [0.5, 0.6) is 0 Å². The third kappa shape index (κ3) is 5.35. The van der Waals surface area contributed by atoms with E-state index in [0.717, 1.165) is 6.42 Å². The molecule has 1 unspecified atom stereocenters. The molecule has 1 aromatic rings. The standard InChI is InChI=1S/C17H27O4P/c1-6-10-16(17(18)15-11-8-7-9-12-15)22(19,20-13(2)3)21-14(4)5/h7-9,11-14,16H,6,10H2,1-5H3. The van der Waals surface area contributed by atoms with Crippen molar-refractivity contribution in [3.8, 4) is 0 Å². The fraction of sp³-hybridized carbons (Fsp3) is 0.588. The van der Waals surface area contributed by atoms with E-state index in [0.29, 0.717) is 12.0 Å². The SMILES string of the molecule is CCCC(C(=O)c1ccccc1)P(=O)(OC(C)C)OC(C)C. The lowest BCUT2D eigenvalue weighted by molar-refractivity contribution is 0.0934. The summed E-state index contributed by atoms with van der Waals surface area (Å²) in [6.45, 7) is 9.15. The molecule has 0 aromatic heterocycles. The maximum atomic E-state index is 13.3. The Labute approximate surface area is 133 Å². The normalized spacial score (nSPS) is 13.6. The molecule has 0 spiro atoms. The summed E-state index contributed by atoms with van der Waals surface area (Å²) < 4.78 is 24.5. The average molecular weight is 326 g/mol. The van der Waals surface area contributed by atoms with E-state index in [9.17, 15) is 9.36 Å². The highest BCUT2D eigenvalue weighted by Crippen LogP contribution is 2.57. The molecule has 0 aliphatic rings. The summed E-state index contributed by atoms with van der Waals surface area (Å²) in [5.74, 6) is -0.174. The Hall–Kier alpha value is -0.960. The Balaban J connectivity index is 3.17. The van der Waals surface area contributed by atoms with E-state index in [1.165, 1.54) is 0 Å². The lowest BCUT2D eigenvalue weighted by Gasteiger charge is -2.29. The van der Waals surface area contributed by atoms with Gasteiger partial charge < -0.3 is 9.05 Å². The summed E-state index contributed by atoms with van der Waals surface area (Å²) in [6, 6.07) is 8.92. The van der Waals surface area contributed by atoms with E-state index in [-0.39, 0.29) is 18.0 Å². The van der Waals surface area contributed by atoms with Gasteiger partial charge in [0, 0.05) is 5.56 Å². The molecular formula is C17H27O4P. The molecule has 5 heteroatoms. The largest absolute Gasteiger partial charge is 0.341 e. The summed E-state index contributed by atoms with van der Waals surface area (Å²) in [4.78, 5) is 12.8. The molecule has 1 atom stereocenters. The van der Waals surface area contributed by atoms with Crippen LogP contribution in [0.2, 0.25) is 0 Å². The summed E-state index contributed by atoms with van der Waals surface area (Å²) in [5, 5.41) is 0. The van der Waals surface area contributed by atoms with Crippen LogP contribution in [-0.4, -0.2) is 23.7 Å². The van der Waals surface area contributed by atoms with Crippen LogP contribution in [0.4, 0.5) is 0 Å². The summed E-state index contributed by atoms with van der Waals surface area (Å²) in [7, 11) is -3.53. The zero-order chi connectivity index (χ0) is 16.8. The average Bonchev–Trinajstić information content (AvgIpc) is 2.43. The summed E-state index contributed by atoms with van der Waals surface area (Å²) in [6.07, 6.45) is 0.667. The second-order valence-corrected chi connectivity index (χ2v) is 8.01. The van der Waals surface area contributed by atoms with Crippen LogP contribution in [0, 0.1) is 0 Å². The van der Waals surface area contributed by atoms with Crippen molar-refractivity contribution in [1.82, 2.24) is 0 Å². The number of carbonyl (C=O) groups excluding carboxylic acids is 1. The molecule has 0 aliphatic heterocycles. The molecule has 0 heterocycles. The van der Waals surface area contributed by atoms with E-state index in [1.54, 1.807) is 52.0 Å². The smallest absolute Gasteiger partial charge is 0.305 e. The molecule has 0 bridgehead atoms. The van der Waals surface area contributed by atoms with Gasteiger partial charge in [-0.1, -0.05) is 43.7 Å². The van der Waals surface area contributed by atoms with Crippen LogP contribution in [-0.2, 0) is 13.6 Å². The van der Waals surface area contributed by atoms with Crippen LogP contribution in [0.15, 0.2) is 30.3 Å². The van der Waals surface area contributed by atoms with Crippen LogP contribution in [0.1, 0.15) is 57.8 Å². The molecule has 4 nitrogen and oxygen atoms in total. The van der Waals surface area contributed by atoms with E-state index in [4.69, 9.17) is 9.05 Å². The quantitative estimate of drug-likeness (QED) is 0.469. The Morgan fingerprint density at radius 2 is 1.55 bits per heavy atom. The van der Waals surface area contributed by atoms with Crippen molar-refractivity contribution < 1.29 is 18.4 Å². The molecule has 0 aliphatic carbocycles. The first-order chi connectivity index (χ1) is 10.3. The second-order valence-electron chi connectivity index (χ2n) is 5.88. The van der Waals surface area contributed by atoms with Gasteiger partial charge in [0.2, 0.25) is 0 Å². The molecule has 0 N–H and O–H groups in total. The highest BCUT2D eigenvalue weighted by molar-refractivity contribution is 7.55. The second kappa shape index (κ2) is 8.61.